The van der Waals surface area contributed by atoms with Gasteiger partial charge in [-0.3, -0.25) is 4.68 Å². The lowest BCUT2D eigenvalue weighted by atomic mass is 10.0. The Bertz CT molecular complexity index is 821. The number of anilines is 1. The van der Waals surface area contributed by atoms with E-state index in [9.17, 15) is 4.39 Å². The molecule has 0 saturated heterocycles. The summed E-state index contributed by atoms with van der Waals surface area (Å²) in [6, 6.07) is 4.19. The number of hydrogen-bond donors (Lipinski definition) is 1. The molecule has 3 aromatic rings. The van der Waals surface area contributed by atoms with Gasteiger partial charge in [0.2, 0.25) is 0 Å². The summed E-state index contributed by atoms with van der Waals surface area (Å²) in [6.07, 6.45) is 3.49. The van der Waals surface area contributed by atoms with Crippen LogP contribution in [0.25, 0.3) is 22.6 Å². The van der Waals surface area contributed by atoms with Crippen LogP contribution in [-0.4, -0.2) is 19.3 Å². The van der Waals surface area contributed by atoms with Gasteiger partial charge in [-0.25, -0.2) is 9.37 Å². The number of nitrogens with two attached hydrogens (primary N) is 1. The van der Waals surface area contributed by atoms with Crippen LogP contribution >= 0.6 is 11.6 Å². The van der Waals surface area contributed by atoms with Crippen LogP contribution in [0.15, 0.2) is 30.6 Å². The highest BCUT2D eigenvalue weighted by molar-refractivity contribution is 6.33. The standard InChI is InChI=1S/C14H13ClFN5/c1-20-6-5-18-14(20)12-11(13(17)21(2)19-12)9-4-3-8(16)7-10(9)15/h3-7H,17H2,1-2H3. The molecule has 1 aromatic carbocycles. The van der Waals surface area contributed by atoms with Crippen molar-refractivity contribution in [1.82, 2.24) is 19.3 Å². The van der Waals surface area contributed by atoms with Gasteiger partial charge in [-0.1, -0.05) is 11.6 Å². The number of aryl methyl sites for hydroxylation is 2. The fraction of sp³-hybridized carbons (Fsp3) is 0.143. The molecule has 2 heterocycles. The van der Waals surface area contributed by atoms with Crippen LogP contribution in [0.3, 0.4) is 0 Å². The minimum Gasteiger partial charge on any atom is -0.383 e. The molecule has 0 saturated carbocycles. The molecule has 0 fully saturated rings. The zero-order valence-corrected chi connectivity index (χ0v) is 12.3. The molecule has 2 aromatic heterocycles. The van der Waals surface area contributed by atoms with E-state index in [1.54, 1.807) is 24.0 Å². The summed E-state index contributed by atoms with van der Waals surface area (Å²) < 4.78 is 16.6. The summed E-state index contributed by atoms with van der Waals surface area (Å²) >= 11 is 6.16. The zero-order chi connectivity index (χ0) is 15.1. The van der Waals surface area contributed by atoms with Gasteiger partial charge in [-0.2, -0.15) is 5.10 Å². The summed E-state index contributed by atoms with van der Waals surface area (Å²) in [6.45, 7) is 0. The Morgan fingerprint density at radius 1 is 1.29 bits per heavy atom. The first-order chi connectivity index (χ1) is 9.99. The van der Waals surface area contributed by atoms with Crippen molar-refractivity contribution < 1.29 is 4.39 Å². The molecule has 7 heteroatoms. The van der Waals surface area contributed by atoms with Crippen LogP contribution < -0.4 is 5.73 Å². The summed E-state index contributed by atoms with van der Waals surface area (Å²) in [5.74, 6) is 0.712. The van der Waals surface area contributed by atoms with Gasteiger partial charge < -0.3 is 10.3 Å². The Hall–Kier alpha value is -2.34. The molecule has 0 unspecified atom stereocenters. The molecule has 0 spiro atoms. The largest absolute Gasteiger partial charge is 0.383 e. The van der Waals surface area contributed by atoms with Crippen LogP contribution in [0.4, 0.5) is 10.2 Å². The zero-order valence-electron chi connectivity index (χ0n) is 11.5. The number of hydrogen-bond acceptors (Lipinski definition) is 3. The fourth-order valence-corrected chi connectivity index (χ4v) is 2.51. The van der Waals surface area contributed by atoms with E-state index in [2.05, 4.69) is 10.1 Å². The topological polar surface area (TPSA) is 61.7 Å². The van der Waals surface area contributed by atoms with Crippen LogP contribution in [0.2, 0.25) is 5.02 Å². The molecular weight excluding hydrogens is 293 g/mol. The van der Waals surface area contributed by atoms with E-state index in [0.29, 0.717) is 28.5 Å². The Balaban J connectivity index is 2.30. The second kappa shape index (κ2) is 4.89. The predicted octanol–water partition coefficient (Wildman–Crippen LogP) is 2.86. The molecule has 5 nitrogen and oxygen atoms in total. The maximum Gasteiger partial charge on any atom is 0.161 e. The molecule has 21 heavy (non-hydrogen) atoms. The number of aromatic nitrogens is 4. The molecular formula is C14H13ClFN5. The second-order valence-electron chi connectivity index (χ2n) is 4.72. The molecule has 108 valence electrons. The van der Waals surface area contributed by atoms with Gasteiger partial charge >= 0.3 is 0 Å². The van der Waals surface area contributed by atoms with E-state index in [1.807, 2.05) is 17.8 Å². The van der Waals surface area contributed by atoms with E-state index in [-0.39, 0.29) is 5.02 Å². The van der Waals surface area contributed by atoms with Crippen molar-refractivity contribution in [3.63, 3.8) is 0 Å². The predicted molar refractivity (Wildman–Crippen MR) is 80.2 cm³/mol. The molecule has 0 bridgehead atoms. The van der Waals surface area contributed by atoms with Gasteiger partial charge in [0.25, 0.3) is 0 Å². The van der Waals surface area contributed by atoms with Crippen molar-refractivity contribution in [1.29, 1.82) is 0 Å². The van der Waals surface area contributed by atoms with Crippen molar-refractivity contribution in [2.75, 3.05) is 5.73 Å². The summed E-state index contributed by atoms with van der Waals surface area (Å²) in [7, 11) is 3.60. The van der Waals surface area contributed by atoms with E-state index in [0.717, 1.165) is 0 Å². The van der Waals surface area contributed by atoms with E-state index in [4.69, 9.17) is 17.3 Å². The SMILES string of the molecule is Cn1ccnc1-c1nn(C)c(N)c1-c1ccc(F)cc1Cl. The summed E-state index contributed by atoms with van der Waals surface area (Å²) in [5.41, 5.74) is 7.99. The van der Waals surface area contributed by atoms with Gasteiger partial charge in [-0.05, 0) is 18.2 Å². The van der Waals surface area contributed by atoms with Crippen molar-refractivity contribution in [2.45, 2.75) is 0 Å². The van der Waals surface area contributed by atoms with Crippen molar-refractivity contribution in [3.05, 3.63) is 41.4 Å². The molecule has 2 N–H and O–H groups in total. The van der Waals surface area contributed by atoms with Crippen LogP contribution in [0.5, 0.6) is 0 Å². The maximum atomic E-state index is 13.3. The Morgan fingerprint density at radius 3 is 2.67 bits per heavy atom. The highest BCUT2D eigenvalue weighted by Gasteiger charge is 2.22. The molecule has 0 amide bonds. The van der Waals surface area contributed by atoms with E-state index in [1.165, 1.54) is 12.1 Å². The Labute approximate surface area is 125 Å². The molecule has 0 aliphatic heterocycles. The Kier molecular flexibility index (Phi) is 3.17. The van der Waals surface area contributed by atoms with Gasteiger partial charge in [-0.15, -0.1) is 0 Å². The number of nitrogens with zero attached hydrogens (tertiary/aromatic N) is 4. The first-order valence-electron chi connectivity index (χ1n) is 6.24. The monoisotopic (exact) mass is 305 g/mol. The summed E-state index contributed by atoms with van der Waals surface area (Å²) in [5, 5.41) is 4.69. The van der Waals surface area contributed by atoms with E-state index >= 15 is 0 Å². The normalized spacial score (nSPS) is 11.0. The van der Waals surface area contributed by atoms with Crippen molar-refractivity contribution in [3.8, 4) is 22.6 Å². The molecule has 0 aliphatic rings. The number of benzene rings is 1. The Morgan fingerprint density at radius 2 is 2.05 bits per heavy atom. The highest BCUT2D eigenvalue weighted by Crippen LogP contribution is 2.38. The molecule has 0 radical (unpaired) electrons. The first kappa shape index (κ1) is 13.6. The van der Waals surface area contributed by atoms with Gasteiger partial charge in [0.1, 0.15) is 17.3 Å². The fourth-order valence-electron chi connectivity index (χ4n) is 2.25. The van der Waals surface area contributed by atoms with Gasteiger partial charge in [0.15, 0.2) is 5.82 Å². The van der Waals surface area contributed by atoms with Gasteiger partial charge in [0.05, 0.1) is 10.6 Å². The van der Waals surface area contributed by atoms with Gasteiger partial charge in [0, 0.05) is 32.1 Å². The third kappa shape index (κ3) is 2.17. The maximum absolute atomic E-state index is 13.3. The molecule has 0 aliphatic carbocycles. The van der Waals surface area contributed by atoms with Crippen molar-refractivity contribution >= 4 is 17.4 Å². The third-order valence-corrected chi connectivity index (χ3v) is 3.64. The quantitative estimate of drug-likeness (QED) is 0.792. The number of rotatable bonds is 2. The molecule has 3 rings (SSSR count). The lowest BCUT2D eigenvalue weighted by Gasteiger charge is -2.07. The highest BCUT2D eigenvalue weighted by atomic mass is 35.5. The molecule has 0 atom stereocenters. The number of imidazole rings is 1. The lowest BCUT2D eigenvalue weighted by Crippen LogP contribution is -1.98. The van der Waals surface area contributed by atoms with E-state index < -0.39 is 5.82 Å². The smallest absolute Gasteiger partial charge is 0.161 e. The number of halogens is 2. The number of nitrogen functional groups attached to an aromatic ring is 1. The second-order valence-corrected chi connectivity index (χ2v) is 5.13. The minimum absolute atomic E-state index is 0.283. The first-order valence-corrected chi connectivity index (χ1v) is 6.62. The van der Waals surface area contributed by atoms with Crippen LogP contribution in [0, 0.1) is 5.82 Å². The van der Waals surface area contributed by atoms with Crippen LogP contribution in [-0.2, 0) is 14.1 Å². The summed E-state index contributed by atoms with van der Waals surface area (Å²) in [4.78, 5) is 4.29. The van der Waals surface area contributed by atoms with Crippen LogP contribution in [0.1, 0.15) is 0 Å². The van der Waals surface area contributed by atoms with Crippen molar-refractivity contribution in [2.24, 2.45) is 14.1 Å². The lowest BCUT2D eigenvalue weighted by molar-refractivity contribution is 0.628. The third-order valence-electron chi connectivity index (χ3n) is 3.33. The average molecular weight is 306 g/mol. The minimum atomic E-state index is -0.398. The average Bonchev–Trinajstić information content (AvgIpc) is 2.96.